The highest BCUT2D eigenvalue weighted by Crippen LogP contribution is 2.22. The predicted octanol–water partition coefficient (Wildman–Crippen LogP) is 0.930. The van der Waals surface area contributed by atoms with Crippen LogP contribution in [0.4, 0.5) is 5.13 Å². The molecule has 2 aliphatic heterocycles. The minimum Gasteiger partial charge on any atom is -0.345 e. The number of anilines is 1. The standard InChI is InChI=1S/C16H23N7OS/c1-12-14(19-20-23(12)13-2-4-17-5-3-13)15(24)21-7-9-22(10-8-21)16-18-6-11-25-16/h6,11,13,17H,2-5,7-10H2,1H3. The number of carbonyl (C=O) groups is 1. The summed E-state index contributed by atoms with van der Waals surface area (Å²) in [6.45, 7) is 6.94. The molecule has 8 nitrogen and oxygen atoms in total. The minimum absolute atomic E-state index is 0.00327. The highest BCUT2D eigenvalue weighted by atomic mass is 32.1. The van der Waals surface area contributed by atoms with Gasteiger partial charge in [-0.05, 0) is 32.9 Å². The van der Waals surface area contributed by atoms with Crippen molar-refractivity contribution in [3.8, 4) is 0 Å². The number of hydrogen-bond acceptors (Lipinski definition) is 7. The van der Waals surface area contributed by atoms with Gasteiger partial charge in [0.2, 0.25) is 0 Å². The Labute approximate surface area is 150 Å². The molecule has 2 aromatic heterocycles. The average molecular weight is 361 g/mol. The van der Waals surface area contributed by atoms with E-state index >= 15 is 0 Å². The van der Waals surface area contributed by atoms with Gasteiger partial charge in [-0.2, -0.15) is 0 Å². The van der Waals surface area contributed by atoms with E-state index in [0.29, 0.717) is 24.8 Å². The summed E-state index contributed by atoms with van der Waals surface area (Å²) in [5, 5.41) is 14.9. The highest BCUT2D eigenvalue weighted by molar-refractivity contribution is 7.13. The van der Waals surface area contributed by atoms with Gasteiger partial charge < -0.3 is 15.1 Å². The lowest BCUT2D eigenvalue weighted by atomic mass is 10.1. The zero-order chi connectivity index (χ0) is 17.2. The number of carbonyl (C=O) groups excluding carboxylic acids is 1. The number of piperazine rings is 1. The van der Waals surface area contributed by atoms with E-state index in [0.717, 1.165) is 49.8 Å². The normalized spacial score (nSPS) is 19.4. The van der Waals surface area contributed by atoms with Crippen molar-refractivity contribution in [2.24, 2.45) is 0 Å². The molecule has 0 aromatic carbocycles. The fourth-order valence-electron chi connectivity index (χ4n) is 3.56. The first-order chi connectivity index (χ1) is 12.2. The van der Waals surface area contributed by atoms with Crippen LogP contribution in [-0.2, 0) is 0 Å². The third-order valence-electron chi connectivity index (χ3n) is 5.04. The Balaban J connectivity index is 1.42. The zero-order valence-corrected chi connectivity index (χ0v) is 15.2. The second-order valence-corrected chi connectivity index (χ2v) is 7.42. The van der Waals surface area contributed by atoms with Crippen LogP contribution < -0.4 is 10.2 Å². The van der Waals surface area contributed by atoms with Gasteiger partial charge in [-0.3, -0.25) is 4.79 Å². The highest BCUT2D eigenvalue weighted by Gasteiger charge is 2.28. The van der Waals surface area contributed by atoms with E-state index in [1.807, 2.05) is 28.1 Å². The van der Waals surface area contributed by atoms with Gasteiger partial charge in [-0.25, -0.2) is 9.67 Å². The van der Waals surface area contributed by atoms with E-state index in [2.05, 4.69) is 25.5 Å². The summed E-state index contributed by atoms with van der Waals surface area (Å²) >= 11 is 1.64. The van der Waals surface area contributed by atoms with Crippen molar-refractivity contribution >= 4 is 22.4 Å². The van der Waals surface area contributed by atoms with Crippen LogP contribution in [0.25, 0.3) is 0 Å². The van der Waals surface area contributed by atoms with E-state index in [1.165, 1.54) is 0 Å². The molecular weight excluding hydrogens is 338 g/mol. The lowest BCUT2D eigenvalue weighted by molar-refractivity contribution is 0.0740. The molecule has 9 heteroatoms. The van der Waals surface area contributed by atoms with E-state index in [-0.39, 0.29) is 5.91 Å². The van der Waals surface area contributed by atoms with Gasteiger partial charge in [0.25, 0.3) is 5.91 Å². The second-order valence-electron chi connectivity index (χ2n) is 6.54. The van der Waals surface area contributed by atoms with E-state index in [1.54, 1.807) is 11.3 Å². The molecule has 1 amide bonds. The Kier molecular flexibility index (Phi) is 4.67. The topological polar surface area (TPSA) is 79.2 Å². The SMILES string of the molecule is Cc1c(C(=O)N2CCN(c3nccs3)CC2)nnn1C1CCNCC1. The summed E-state index contributed by atoms with van der Waals surface area (Å²) in [6, 6.07) is 0.344. The molecule has 25 heavy (non-hydrogen) atoms. The molecule has 4 heterocycles. The zero-order valence-electron chi connectivity index (χ0n) is 14.4. The third-order valence-corrected chi connectivity index (χ3v) is 5.87. The maximum Gasteiger partial charge on any atom is 0.276 e. The molecule has 0 aliphatic carbocycles. The summed E-state index contributed by atoms with van der Waals surface area (Å²) in [6.07, 6.45) is 3.88. The van der Waals surface area contributed by atoms with Crippen LogP contribution >= 0.6 is 11.3 Å². The fourth-order valence-corrected chi connectivity index (χ4v) is 4.26. The number of thiazole rings is 1. The predicted molar refractivity (Wildman–Crippen MR) is 96.1 cm³/mol. The first kappa shape index (κ1) is 16.5. The molecule has 2 aliphatic rings. The number of piperidine rings is 1. The van der Waals surface area contributed by atoms with Crippen LogP contribution in [0.3, 0.4) is 0 Å². The van der Waals surface area contributed by atoms with Gasteiger partial charge in [0.1, 0.15) is 0 Å². The maximum atomic E-state index is 12.9. The van der Waals surface area contributed by atoms with Gasteiger partial charge >= 0.3 is 0 Å². The molecule has 0 unspecified atom stereocenters. The first-order valence-corrected chi connectivity index (χ1v) is 9.68. The van der Waals surface area contributed by atoms with Gasteiger partial charge in [0.15, 0.2) is 10.8 Å². The van der Waals surface area contributed by atoms with Crippen LogP contribution in [0, 0.1) is 6.92 Å². The Morgan fingerprint density at radius 3 is 2.68 bits per heavy atom. The van der Waals surface area contributed by atoms with Crippen LogP contribution in [0.2, 0.25) is 0 Å². The van der Waals surface area contributed by atoms with Crippen LogP contribution in [-0.4, -0.2) is 70.1 Å². The van der Waals surface area contributed by atoms with Crippen molar-refractivity contribution in [2.45, 2.75) is 25.8 Å². The molecule has 2 saturated heterocycles. The van der Waals surface area contributed by atoms with Crippen molar-refractivity contribution in [2.75, 3.05) is 44.2 Å². The Morgan fingerprint density at radius 2 is 2.00 bits per heavy atom. The fraction of sp³-hybridized carbons (Fsp3) is 0.625. The van der Waals surface area contributed by atoms with E-state index in [4.69, 9.17) is 0 Å². The quantitative estimate of drug-likeness (QED) is 0.876. The second kappa shape index (κ2) is 7.09. The maximum absolute atomic E-state index is 12.9. The van der Waals surface area contributed by atoms with Gasteiger partial charge in [-0.15, -0.1) is 16.4 Å². The van der Waals surface area contributed by atoms with Crippen molar-refractivity contribution in [1.29, 1.82) is 0 Å². The molecule has 0 saturated carbocycles. The molecule has 0 bridgehead atoms. The van der Waals surface area contributed by atoms with Crippen molar-refractivity contribution in [3.05, 3.63) is 23.0 Å². The molecule has 2 fully saturated rings. The molecule has 0 radical (unpaired) electrons. The summed E-state index contributed by atoms with van der Waals surface area (Å²) < 4.78 is 1.94. The average Bonchev–Trinajstić information content (AvgIpc) is 3.32. The Bertz CT molecular complexity index is 715. The molecule has 1 N–H and O–H groups in total. The summed E-state index contributed by atoms with van der Waals surface area (Å²) in [5.74, 6) is -0.00327. The Morgan fingerprint density at radius 1 is 1.24 bits per heavy atom. The molecule has 4 rings (SSSR count). The number of aromatic nitrogens is 4. The molecule has 2 aromatic rings. The molecule has 0 spiro atoms. The van der Waals surface area contributed by atoms with E-state index in [9.17, 15) is 4.79 Å². The molecular formula is C16H23N7OS. The van der Waals surface area contributed by atoms with Gasteiger partial charge in [-0.1, -0.05) is 5.21 Å². The smallest absolute Gasteiger partial charge is 0.276 e. The minimum atomic E-state index is -0.00327. The van der Waals surface area contributed by atoms with Crippen LogP contribution in [0.15, 0.2) is 11.6 Å². The van der Waals surface area contributed by atoms with Crippen LogP contribution in [0.5, 0.6) is 0 Å². The summed E-state index contributed by atoms with van der Waals surface area (Å²) in [7, 11) is 0. The largest absolute Gasteiger partial charge is 0.345 e. The first-order valence-electron chi connectivity index (χ1n) is 8.80. The van der Waals surface area contributed by atoms with Gasteiger partial charge in [0.05, 0.1) is 11.7 Å². The number of rotatable bonds is 3. The lowest BCUT2D eigenvalue weighted by Gasteiger charge is -2.34. The monoisotopic (exact) mass is 361 g/mol. The third kappa shape index (κ3) is 3.25. The molecule has 0 atom stereocenters. The van der Waals surface area contributed by atoms with E-state index < -0.39 is 0 Å². The number of hydrogen-bond donors (Lipinski definition) is 1. The number of nitrogens with one attached hydrogen (secondary N) is 1. The van der Waals surface area contributed by atoms with Crippen molar-refractivity contribution in [3.63, 3.8) is 0 Å². The number of nitrogens with zero attached hydrogens (tertiary/aromatic N) is 6. The van der Waals surface area contributed by atoms with Crippen molar-refractivity contribution in [1.82, 2.24) is 30.2 Å². The number of amides is 1. The van der Waals surface area contributed by atoms with Crippen LogP contribution in [0.1, 0.15) is 35.1 Å². The summed E-state index contributed by atoms with van der Waals surface area (Å²) in [5.41, 5.74) is 1.39. The Hall–Kier alpha value is -2.00. The van der Waals surface area contributed by atoms with Crippen molar-refractivity contribution < 1.29 is 4.79 Å². The van der Waals surface area contributed by atoms with Gasteiger partial charge in [0, 0.05) is 37.8 Å². The summed E-state index contributed by atoms with van der Waals surface area (Å²) in [4.78, 5) is 21.3. The molecule has 134 valence electrons. The lowest BCUT2D eigenvalue weighted by Crippen LogP contribution is -2.49.